The molecule has 0 radical (unpaired) electrons. The van der Waals surface area contributed by atoms with E-state index in [1.165, 1.54) is 6.08 Å². The highest BCUT2D eigenvalue weighted by molar-refractivity contribution is 5.92. The van der Waals surface area contributed by atoms with Crippen LogP contribution < -0.4 is 15.2 Å². The number of piperidine rings is 1. The van der Waals surface area contributed by atoms with Crippen LogP contribution in [0.5, 0.6) is 11.5 Å². The van der Waals surface area contributed by atoms with Gasteiger partial charge in [-0.1, -0.05) is 6.07 Å². The minimum absolute atomic E-state index is 0.120. The Bertz CT molecular complexity index is 613. The number of nitrogens with zero attached hydrogens (tertiary/aromatic N) is 1. The summed E-state index contributed by atoms with van der Waals surface area (Å²) < 4.78 is 10.4. The van der Waals surface area contributed by atoms with Crippen LogP contribution in [0.1, 0.15) is 18.4 Å². The van der Waals surface area contributed by atoms with Crippen LogP contribution >= 0.6 is 0 Å². The summed E-state index contributed by atoms with van der Waals surface area (Å²) in [5.41, 5.74) is 6.17. The highest BCUT2D eigenvalue weighted by Crippen LogP contribution is 2.28. The van der Waals surface area contributed by atoms with E-state index < -0.39 is 0 Å². The van der Waals surface area contributed by atoms with Crippen LogP contribution in [0.3, 0.4) is 0 Å². The number of rotatable bonds is 5. The molecule has 6 nitrogen and oxygen atoms in total. The van der Waals surface area contributed by atoms with Crippen LogP contribution in [0, 0.1) is 5.92 Å². The summed E-state index contributed by atoms with van der Waals surface area (Å²) in [7, 11) is 3.14. The second-order valence-corrected chi connectivity index (χ2v) is 5.47. The number of primary amides is 1. The third-order valence-corrected chi connectivity index (χ3v) is 3.96. The topological polar surface area (TPSA) is 81.9 Å². The monoisotopic (exact) mass is 318 g/mol. The number of ether oxygens (including phenoxy) is 2. The van der Waals surface area contributed by atoms with E-state index in [1.54, 1.807) is 37.3 Å². The Morgan fingerprint density at radius 2 is 2.00 bits per heavy atom. The number of nitrogens with two attached hydrogens (primary N) is 1. The zero-order chi connectivity index (χ0) is 16.8. The fourth-order valence-electron chi connectivity index (χ4n) is 2.64. The number of methoxy groups -OCH3 is 2. The molecule has 23 heavy (non-hydrogen) atoms. The molecule has 1 aliphatic rings. The molecule has 6 heteroatoms. The van der Waals surface area contributed by atoms with Crippen LogP contribution in [-0.4, -0.2) is 44.0 Å². The lowest BCUT2D eigenvalue weighted by Crippen LogP contribution is -2.43. The van der Waals surface area contributed by atoms with Crippen molar-refractivity contribution in [3.05, 3.63) is 29.8 Å². The van der Waals surface area contributed by atoms with Crippen molar-refractivity contribution in [2.45, 2.75) is 12.8 Å². The van der Waals surface area contributed by atoms with E-state index >= 15 is 0 Å². The number of carbonyl (C=O) groups is 2. The molecule has 0 aromatic heterocycles. The van der Waals surface area contributed by atoms with E-state index in [0.717, 1.165) is 18.4 Å². The number of hydrogen-bond acceptors (Lipinski definition) is 4. The third kappa shape index (κ3) is 4.25. The first kappa shape index (κ1) is 16.9. The Balaban J connectivity index is 2.04. The molecule has 1 saturated heterocycles. The molecular formula is C17H22N2O4. The van der Waals surface area contributed by atoms with Crippen molar-refractivity contribution in [2.75, 3.05) is 27.3 Å². The molecule has 1 aliphatic heterocycles. The van der Waals surface area contributed by atoms with Crippen molar-refractivity contribution in [1.82, 2.24) is 4.90 Å². The second kappa shape index (κ2) is 7.67. The Kier molecular flexibility index (Phi) is 5.62. The van der Waals surface area contributed by atoms with Gasteiger partial charge in [0.2, 0.25) is 11.8 Å². The molecular weight excluding hydrogens is 296 g/mol. The molecule has 0 spiro atoms. The molecule has 2 N–H and O–H groups in total. The third-order valence-electron chi connectivity index (χ3n) is 3.96. The van der Waals surface area contributed by atoms with E-state index in [1.807, 2.05) is 6.07 Å². The molecule has 1 heterocycles. The molecule has 0 bridgehead atoms. The maximum atomic E-state index is 12.2. The lowest BCUT2D eigenvalue weighted by molar-refractivity contribution is -0.130. The van der Waals surface area contributed by atoms with E-state index in [0.29, 0.717) is 24.6 Å². The Morgan fingerprint density at radius 1 is 1.26 bits per heavy atom. The smallest absolute Gasteiger partial charge is 0.246 e. The van der Waals surface area contributed by atoms with Gasteiger partial charge in [-0.2, -0.15) is 0 Å². The first-order chi connectivity index (χ1) is 11.0. The fourth-order valence-corrected chi connectivity index (χ4v) is 2.64. The van der Waals surface area contributed by atoms with Crippen molar-refractivity contribution in [3.63, 3.8) is 0 Å². The lowest BCUT2D eigenvalue weighted by atomic mass is 9.97. The zero-order valence-electron chi connectivity index (χ0n) is 13.5. The first-order valence-corrected chi connectivity index (χ1v) is 7.53. The van der Waals surface area contributed by atoms with Crippen LogP contribution in [0.25, 0.3) is 6.08 Å². The second-order valence-electron chi connectivity index (χ2n) is 5.47. The number of hydrogen-bond donors (Lipinski definition) is 1. The van der Waals surface area contributed by atoms with E-state index in [4.69, 9.17) is 15.2 Å². The van der Waals surface area contributed by atoms with Crippen molar-refractivity contribution in [3.8, 4) is 11.5 Å². The number of carbonyl (C=O) groups excluding carboxylic acids is 2. The quantitative estimate of drug-likeness (QED) is 0.833. The minimum atomic E-state index is -0.341. The summed E-state index contributed by atoms with van der Waals surface area (Å²) in [6.45, 7) is 1.04. The zero-order valence-corrected chi connectivity index (χ0v) is 13.5. The standard InChI is InChI=1S/C17H22N2O4/c1-22-14-7-5-12(10-15(14)23-2)6-8-16(20)19-9-3-4-13(11-19)17(18)21/h5-8,10,13H,3-4,9,11H2,1-2H3,(H2,18,21)/b8-6+. The van der Waals surface area contributed by atoms with Gasteiger partial charge >= 0.3 is 0 Å². The van der Waals surface area contributed by atoms with Crippen LogP contribution in [0.2, 0.25) is 0 Å². The normalized spacial score (nSPS) is 18.0. The Labute approximate surface area is 135 Å². The predicted molar refractivity (Wildman–Crippen MR) is 87.1 cm³/mol. The summed E-state index contributed by atoms with van der Waals surface area (Å²) in [5.74, 6) is 0.532. The van der Waals surface area contributed by atoms with Crippen molar-refractivity contribution >= 4 is 17.9 Å². The first-order valence-electron chi connectivity index (χ1n) is 7.53. The SMILES string of the molecule is COc1ccc(/C=C/C(=O)N2CCCC(C(N)=O)C2)cc1OC. The van der Waals surface area contributed by atoms with E-state index in [-0.39, 0.29) is 17.7 Å². The maximum Gasteiger partial charge on any atom is 0.246 e. The van der Waals surface area contributed by atoms with Crippen LogP contribution in [0.4, 0.5) is 0 Å². The van der Waals surface area contributed by atoms with Crippen molar-refractivity contribution < 1.29 is 19.1 Å². The van der Waals surface area contributed by atoms with Gasteiger partial charge in [0.15, 0.2) is 11.5 Å². The molecule has 0 saturated carbocycles. The summed E-state index contributed by atoms with van der Waals surface area (Å²) in [6.07, 6.45) is 4.77. The number of benzene rings is 1. The van der Waals surface area contributed by atoms with Gasteiger partial charge in [-0.3, -0.25) is 9.59 Å². The van der Waals surface area contributed by atoms with Gasteiger partial charge in [-0.05, 0) is 36.6 Å². The summed E-state index contributed by atoms with van der Waals surface area (Å²) in [5, 5.41) is 0. The number of likely N-dealkylation sites (tertiary alicyclic amines) is 1. The van der Waals surface area contributed by atoms with Gasteiger partial charge in [0.25, 0.3) is 0 Å². The van der Waals surface area contributed by atoms with Gasteiger partial charge in [0.05, 0.1) is 20.1 Å². The lowest BCUT2D eigenvalue weighted by Gasteiger charge is -2.30. The summed E-state index contributed by atoms with van der Waals surface area (Å²) >= 11 is 0. The van der Waals surface area contributed by atoms with Gasteiger partial charge in [0.1, 0.15) is 0 Å². The highest BCUT2D eigenvalue weighted by Gasteiger charge is 2.25. The largest absolute Gasteiger partial charge is 0.493 e. The van der Waals surface area contributed by atoms with Crippen molar-refractivity contribution in [2.24, 2.45) is 11.7 Å². The van der Waals surface area contributed by atoms with E-state index in [9.17, 15) is 9.59 Å². The molecule has 1 aromatic carbocycles. The highest BCUT2D eigenvalue weighted by atomic mass is 16.5. The fraction of sp³-hybridized carbons (Fsp3) is 0.412. The van der Waals surface area contributed by atoms with E-state index in [2.05, 4.69) is 0 Å². The van der Waals surface area contributed by atoms with Gasteiger partial charge < -0.3 is 20.1 Å². The summed E-state index contributed by atoms with van der Waals surface area (Å²) in [4.78, 5) is 25.2. The Morgan fingerprint density at radius 3 is 2.65 bits per heavy atom. The molecule has 2 amide bonds. The molecule has 124 valence electrons. The Hall–Kier alpha value is -2.50. The van der Waals surface area contributed by atoms with Gasteiger partial charge in [-0.25, -0.2) is 0 Å². The molecule has 1 unspecified atom stereocenters. The molecule has 1 atom stereocenters. The number of amides is 2. The molecule has 2 rings (SSSR count). The van der Waals surface area contributed by atoms with Crippen molar-refractivity contribution in [1.29, 1.82) is 0 Å². The predicted octanol–water partition coefficient (Wildman–Crippen LogP) is 1.44. The van der Waals surface area contributed by atoms with Gasteiger partial charge in [0, 0.05) is 19.2 Å². The van der Waals surface area contributed by atoms with Crippen LogP contribution in [0.15, 0.2) is 24.3 Å². The maximum absolute atomic E-state index is 12.2. The average Bonchev–Trinajstić information content (AvgIpc) is 2.59. The van der Waals surface area contributed by atoms with Gasteiger partial charge in [-0.15, -0.1) is 0 Å². The molecule has 0 aliphatic carbocycles. The summed E-state index contributed by atoms with van der Waals surface area (Å²) in [6, 6.07) is 5.42. The molecule has 1 aromatic rings. The van der Waals surface area contributed by atoms with Crippen LogP contribution in [-0.2, 0) is 9.59 Å². The minimum Gasteiger partial charge on any atom is -0.493 e. The average molecular weight is 318 g/mol. The molecule has 1 fully saturated rings.